The van der Waals surface area contributed by atoms with Gasteiger partial charge in [-0.05, 0) is 25.0 Å². The molecular formula is C9H14F3N. The summed E-state index contributed by atoms with van der Waals surface area (Å²) in [4.78, 5) is 0. The molecule has 0 aromatic heterocycles. The van der Waals surface area contributed by atoms with Crippen molar-refractivity contribution in [2.75, 3.05) is 0 Å². The van der Waals surface area contributed by atoms with Crippen molar-refractivity contribution in [2.24, 2.45) is 5.92 Å². The molecule has 0 fully saturated rings. The van der Waals surface area contributed by atoms with Gasteiger partial charge in [0.05, 0.1) is 0 Å². The van der Waals surface area contributed by atoms with E-state index < -0.39 is 12.2 Å². The summed E-state index contributed by atoms with van der Waals surface area (Å²) in [6.45, 7) is 3.98. The maximum absolute atomic E-state index is 12.2. The Hall–Kier alpha value is -0.670. The maximum atomic E-state index is 12.2. The molecule has 1 N–H and O–H groups in total. The Morgan fingerprint density at radius 2 is 2.08 bits per heavy atom. The van der Waals surface area contributed by atoms with E-state index >= 15 is 0 Å². The van der Waals surface area contributed by atoms with E-state index in [-0.39, 0.29) is 6.42 Å². The van der Waals surface area contributed by atoms with Gasteiger partial charge in [0.15, 0.2) is 0 Å². The standard InChI is InChI=1S/C9H14F3N/c1-6(2)7-3-4-8(13-5-7)9(10,11)12/h5-6,8,13H,3-4H2,1-2H3. The first kappa shape index (κ1) is 10.4. The predicted octanol–water partition coefficient (Wildman–Crippen LogP) is 2.84. The molecular weight excluding hydrogens is 179 g/mol. The van der Waals surface area contributed by atoms with Crippen LogP contribution in [0.25, 0.3) is 0 Å². The van der Waals surface area contributed by atoms with Crippen LogP contribution in [0.2, 0.25) is 0 Å². The van der Waals surface area contributed by atoms with Gasteiger partial charge in [-0.15, -0.1) is 0 Å². The van der Waals surface area contributed by atoms with E-state index in [1.165, 1.54) is 6.20 Å². The molecule has 0 saturated carbocycles. The number of allylic oxidation sites excluding steroid dienone is 1. The number of halogens is 3. The van der Waals surface area contributed by atoms with Gasteiger partial charge in [-0.25, -0.2) is 0 Å². The molecule has 0 amide bonds. The van der Waals surface area contributed by atoms with E-state index in [0.29, 0.717) is 12.3 Å². The van der Waals surface area contributed by atoms with Crippen LogP contribution in [-0.2, 0) is 0 Å². The summed E-state index contributed by atoms with van der Waals surface area (Å²) in [5.41, 5.74) is 1.07. The first-order chi connectivity index (χ1) is 5.91. The highest BCUT2D eigenvalue weighted by Gasteiger charge is 2.39. The SMILES string of the molecule is CC(C)C1=CNC(C(F)(F)F)CC1. The number of nitrogens with one attached hydrogen (secondary N) is 1. The molecule has 0 radical (unpaired) electrons. The van der Waals surface area contributed by atoms with Crippen molar-refractivity contribution in [1.29, 1.82) is 0 Å². The van der Waals surface area contributed by atoms with Crippen LogP contribution in [-0.4, -0.2) is 12.2 Å². The third-order valence-corrected chi connectivity index (χ3v) is 2.33. The van der Waals surface area contributed by atoms with Crippen molar-refractivity contribution >= 4 is 0 Å². The van der Waals surface area contributed by atoms with Gasteiger partial charge in [0.1, 0.15) is 6.04 Å². The van der Waals surface area contributed by atoms with Crippen LogP contribution in [0.5, 0.6) is 0 Å². The monoisotopic (exact) mass is 193 g/mol. The smallest absolute Gasteiger partial charge is 0.380 e. The van der Waals surface area contributed by atoms with E-state index in [2.05, 4.69) is 5.32 Å². The minimum Gasteiger partial charge on any atom is -0.380 e. The fraction of sp³-hybridized carbons (Fsp3) is 0.778. The topological polar surface area (TPSA) is 12.0 Å². The second-order valence-electron chi connectivity index (χ2n) is 3.67. The van der Waals surface area contributed by atoms with Gasteiger partial charge in [0.25, 0.3) is 0 Å². The molecule has 1 heterocycles. The summed E-state index contributed by atoms with van der Waals surface area (Å²) in [6, 6.07) is -1.35. The van der Waals surface area contributed by atoms with Crippen LogP contribution in [0.1, 0.15) is 26.7 Å². The second kappa shape index (κ2) is 3.60. The van der Waals surface area contributed by atoms with Gasteiger partial charge >= 0.3 is 6.18 Å². The number of hydrogen-bond acceptors (Lipinski definition) is 1. The Kier molecular flexibility index (Phi) is 2.88. The summed E-state index contributed by atoms with van der Waals surface area (Å²) in [5.74, 6) is 0.335. The summed E-state index contributed by atoms with van der Waals surface area (Å²) < 4.78 is 36.5. The summed E-state index contributed by atoms with van der Waals surface area (Å²) in [7, 11) is 0. The van der Waals surface area contributed by atoms with Crippen LogP contribution >= 0.6 is 0 Å². The molecule has 1 rings (SSSR count). The van der Waals surface area contributed by atoms with Gasteiger partial charge in [0.2, 0.25) is 0 Å². The Bertz CT molecular complexity index is 205. The zero-order valence-electron chi connectivity index (χ0n) is 7.78. The Labute approximate surface area is 76.0 Å². The molecule has 0 bridgehead atoms. The van der Waals surface area contributed by atoms with Gasteiger partial charge in [-0.3, -0.25) is 0 Å². The first-order valence-electron chi connectivity index (χ1n) is 4.43. The van der Waals surface area contributed by atoms with E-state index in [4.69, 9.17) is 0 Å². The minimum atomic E-state index is -4.11. The third-order valence-electron chi connectivity index (χ3n) is 2.33. The average molecular weight is 193 g/mol. The Morgan fingerprint density at radius 1 is 1.46 bits per heavy atom. The van der Waals surface area contributed by atoms with E-state index in [0.717, 1.165) is 5.57 Å². The molecule has 0 spiro atoms. The Balaban J connectivity index is 2.56. The normalized spacial score (nSPS) is 24.2. The average Bonchev–Trinajstić information content (AvgIpc) is 2.03. The van der Waals surface area contributed by atoms with Gasteiger partial charge < -0.3 is 5.32 Å². The third kappa shape index (κ3) is 2.64. The highest BCUT2D eigenvalue weighted by molar-refractivity contribution is 5.09. The molecule has 13 heavy (non-hydrogen) atoms. The highest BCUT2D eigenvalue weighted by Crippen LogP contribution is 2.29. The molecule has 0 aromatic rings. The van der Waals surface area contributed by atoms with Crippen molar-refractivity contribution in [2.45, 2.75) is 38.9 Å². The van der Waals surface area contributed by atoms with Gasteiger partial charge in [-0.2, -0.15) is 13.2 Å². The Morgan fingerprint density at radius 3 is 2.38 bits per heavy atom. The predicted molar refractivity (Wildman–Crippen MR) is 45.1 cm³/mol. The lowest BCUT2D eigenvalue weighted by Crippen LogP contribution is -2.41. The van der Waals surface area contributed by atoms with Crippen LogP contribution in [0, 0.1) is 5.92 Å². The summed E-state index contributed by atoms with van der Waals surface area (Å²) >= 11 is 0. The largest absolute Gasteiger partial charge is 0.408 e. The summed E-state index contributed by atoms with van der Waals surface area (Å²) in [5, 5.41) is 2.40. The molecule has 1 nitrogen and oxygen atoms in total. The molecule has 0 aliphatic carbocycles. The first-order valence-corrected chi connectivity index (χ1v) is 4.43. The van der Waals surface area contributed by atoms with Crippen LogP contribution in [0.15, 0.2) is 11.8 Å². The highest BCUT2D eigenvalue weighted by atomic mass is 19.4. The fourth-order valence-electron chi connectivity index (χ4n) is 1.39. The lowest BCUT2D eigenvalue weighted by Gasteiger charge is -2.27. The lowest BCUT2D eigenvalue weighted by atomic mass is 9.94. The van der Waals surface area contributed by atoms with Crippen molar-refractivity contribution in [3.05, 3.63) is 11.8 Å². The quantitative estimate of drug-likeness (QED) is 0.675. The fourth-order valence-corrected chi connectivity index (χ4v) is 1.39. The van der Waals surface area contributed by atoms with Crippen LogP contribution in [0.4, 0.5) is 13.2 Å². The number of rotatable bonds is 1. The van der Waals surface area contributed by atoms with E-state index in [1.54, 1.807) is 0 Å². The van der Waals surface area contributed by atoms with Crippen molar-refractivity contribution in [3.8, 4) is 0 Å². The number of hydrogen-bond donors (Lipinski definition) is 1. The molecule has 1 aliphatic rings. The van der Waals surface area contributed by atoms with Crippen molar-refractivity contribution in [1.82, 2.24) is 5.32 Å². The van der Waals surface area contributed by atoms with Crippen LogP contribution < -0.4 is 5.32 Å². The van der Waals surface area contributed by atoms with Crippen molar-refractivity contribution in [3.63, 3.8) is 0 Å². The maximum Gasteiger partial charge on any atom is 0.408 e. The molecule has 4 heteroatoms. The van der Waals surface area contributed by atoms with Gasteiger partial charge in [0, 0.05) is 0 Å². The molecule has 1 unspecified atom stereocenters. The second-order valence-corrected chi connectivity index (χ2v) is 3.67. The molecule has 76 valence electrons. The van der Waals surface area contributed by atoms with Crippen molar-refractivity contribution < 1.29 is 13.2 Å². The molecule has 1 atom stereocenters. The molecule has 1 aliphatic heterocycles. The van der Waals surface area contributed by atoms with Crippen LogP contribution in [0.3, 0.4) is 0 Å². The van der Waals surface area contributed by atoms with Gasteiger partial charge in [-0.1, -0.05) is 19.4 Å². The zero-order chi connectivity index (χ0) is 10.1. The summed E-state index contributed by atoms with van der Waals surface area (Å²) in [6.07, 6.45) is -1.88. The minimum absolute atomic E-state index is 0.160. The molecule has 0 saturated heterocycles. The van der Waals surface area contributed by atoms with E-state index in [9.17, 15) is 13.2 Å². The number of alkyl halides is 3. The lowest BCUT2D eigenvalue weighted by molar-refractivity contribution is -0.155. The van der Waals surface area contributed by atoms with E-state index in [1.807, 2.05) is 13.8 Å². The zero-order valence-corrected chi connectivity index (χ0v) is 7.78. The molecule has 0 aromatic carbocycles.